The maximum absolute atomic E-state index is 13.4. The lowest BCUT2D eigenvalue weighted by Crippen LogP contribution is -2.37. The minimum absolute atomic E-state index is 0.0578. The summed E-state index contributed by atoms with van der Waals surface area (Å²) in [5.74, 6) is 0.0578. The summed E-state index contributed by atoms with van der Waals surface area (Å²) in [6.07, 6.45) is 5.53. The molecule has 3 aromatic carbocycles. The summed E-state index contributed by atoms with van der Waals surface area (Å²) in [5, 5.41) is 8.94. The largest absolute Gasteiger partial charge is 0.355 e. The molecule has 0 bridgehead atoms. The van der Waals surface area contributed by atoms with Crippen LogP contribution in [0.4, 0.5) is 17.1 Å². The smallest absolute Gasteiger partial charge is 0.257 e. The molecule has 178 valence electrons. The molecule has 0 radical (unpaired) electrons. The molecule has 0 atom stereocenters. The van der Waals surface area contributed by atoms with E-state index in [1.807, 2.05) is 72.8 Å². The highest BCUT2D eigenvalue weighted by Gasteiger charge is 2.42. The van der Waals surface area contributed by atoms with E-state index in [2.05, 4.69) is 32.7 Å². The maximum atomic E-state index is 13.4. The Morgan fingerprint density at radius 1 is 0.806 bits per heavy atom. The van der Waals surface area contributed by atoms with Crippen LogP contribution < -0.4 is 16.2 Å². The molecule has 0 aliphatic heterocycles. The monoisotopic (exact) mass is 474 g/mol. The number of pyridine rings is 2. The second-order valence-electron chi connectivity index (χ2n) is 9.39. The highest BCUT2D eigenvalue weighted by atomic mass is 16.2. The Kier molecular flexibility index (Phi) is 5.49. The van der Waals surface area contributed by atoms with Gasteiger partial charge in [0, 0.05) is 33.7 Å². The SMILES string of the molecule is O=C(Nc1ccc(Nc2ccnc3[nH]c(=O)c4ccccc4c23)cc1)C1(c2ccccc2)CCCC1. The summed E-state index contributed by atoms with van der Waals surface area (Å²) in [7, 11) is 0. The molecule has 5 aromatic rings. The average Bonchev–Trinajstić information content (AvgIpc) is 3.42. The molecule has 1 fully saturated rings. The lowest BCUT2D eigenvalue weighted by molar-refractivity contribution is -0.121. The summed E-state index contributed by atoms with van der Waals surface area (Å²) in [6, 6.07) is 27.3. The summed E-state index contributed by atoms with van der Waals surface area (Å²) in [6.45, 7) is 0. The van der Waals surface area contributed by atoms with E-state index in [0.29, 0.717) is 11.0 Å². The first-order valence-electron chi connectivity index (χ1n) is 12.3. The van der Waals surface area contributed by atoms with Gasteiger partial charge in [0.25, 0.3) is 5.56 Å². The van der Waals surface area contributed by atoms with E-state index in [1.54, 1.807) is 6.20 Å². The quantitative estimate of drug-likeness (QED) is 0.262. The maximum Gasteiger partial charge on any atom is 0.257 e. The lowest BCUT2D eigenvalue weighted by Gasteiger charge is -2.28. The van der Waals surface area contributed by atoms with Crippen molar-refractivity contribution in [2.75, 3.05) is 10.6 Å². The van der Waals surface area contributed by atoms with Crippen molar-refractivity contribution in [1.82, 2.24) is 9.97 Å². The first-order chi connectivity index (χ1) is 17.6. The van der Waals surface area contributed by atoms with Gasteiger partial charge >= 0.3 is 0 Å². The number of H-pyrrole nitrogens is 1. The Hall–Kier alpha value is -4.45. The summed E-state index contributed by atoms with van der Waals surface area (Å²) < 4.78 is 0. The topological polar surface area (TPSA) is 86.9 Å². The van der Waals surface area contributed by atoms with Gasteiger partial charge in [-0.25, -0.2) is 4.98 Å². The van der Waals surface area contributed by atoms with Crippen LogP contribution in [-0.4, -0.2) is 15.9 Å². The number of carbonyl (C=O) groups excluding carboxylic acids is 1. The van der Waals surface area contributed by atoms with Crippen LogP contribution in [0.2, 0.25) is 0 Å². The minimum atomic E-state index is -0.466. The Bertz CT molecular complexity index is 1620. The van der Waals surface area contributed by atoms with Crippen molar-refractivity contribution >= 4 is 44.8 Å². The third-order valence-corrected chi connectivity index (χ3v) is 7.26. The second-order valence-corrected chi connectivity index (χ2v) is 9.39. The lowest BCUT2D eigenvalue weighted by atomic mass is 9.78. The third kappa shape index (κ3) is 3.81. The van der Waals surface area contributed by atoms with E-state index in [-0.39, 0.29) is 11.5 Å². The molecule has 0 unspecified atom stereocenters. The number of hydrogen-bond donors (Lipinski definition) is 3. The number of fused-ring (bicyclic) bond motifs is 3. The Morgan fingerprint density at radius 2 is 1.47 bits per heavy atom. The zero-order chi connectivity index (χ0) is 24.5. The molecule has 6 heteroatoms. The van der Waals surface area contributed by atoms with E-state index < -0.39 is 5.41 Å². The molecule has 0 spiro atoms. The minimum Gasteiger partial charge on any atom is -0.355 e. The number of anilines is 3. The average molecular weight is 475 g/mol. The van der Waals surface area contributed by atoms with Crippen LogP contribution in [0.5, 0.6) is 0 Å². The van der Waals surface area contributed by atoms with Gasteiger partial charge in [-0.2, -0.15) is 0 Å². The number of nitrogens with zero attached hydrogens (tertiary/aromatic N) is 1. The van der Waals surface area contributed by atoms with E-state index in [9.17, 15) is 9.59 Å². The van der Waals surface area contributed by atoms with E-state index in [1.165, 1.54) is 0 Å². The van der Waals surface area contributed by atoms with E-state index in [4.69, 9.17) is 0 Å². The van der Waals surface area contributed by atoms with Gasteiger partial charge in [-0.15, -0.1) is 0 Å². The summed E-state index contributed by atoms with van der Waals surface area (Å²) in [5.41, 5.74) is 3.49. The predicted octanol–water partition coefficient (Wildman–Crippen LogP) is 6.27. The number of amides is 1. The predicted molar refractivity (Wildman–Crippen MR) is 145 cm³/mol. The molecule has 3 N–H and O–H groups in total. The fraction of sp³-hybridized carbons (Fsp3) is 0.167. The van der Waals surface area contributed by atoms with Crippen molar-refractivity contribution in [3.8, 4) is 0 Å². The molecule has 0 saturated heterocycles. The normalized spacial score (nSPS) is 14.7. The van der Waals surface area contributed by atoms with Crippen LogP contribution in [0.25, 0.3) is 21.8 Å². The molecule has 6 rings (SSSR count). The van der Waals surface area contributed by atoms with Crippen molar-refractivity contribution in [1.29, 1.82) is 0 Å². The molecular formula is C30H26N4O2. The Morgan fingerprint density at radius 3 is 2.22 bits per heavy atom. The fourth-order valence-electron chi connectivity index (χ4n) is 5.43. The molecule has 1 aliphatic rings. The highest BCUT2D eigenvalue weighted by molar-refractivity contribution is 6.10. The zero-order valence-corrected chi connectivity index (χ0v) is 19.8. The van der Waals surface area contributed by atoms with Gasteiger partial charge in [-0.3, -0.25) is 9.59 Å². The fourth-order valence-corrected chi connectivity index (χ4v) is 5.43. The van der Waals surface area contributed by atoms with Gasteiger partial charge < -0.3 is 15.6 Å². The zero-order valence-electron chi connectivity index (χ0n) is 19.8. The number of aromatic amines is 1. The third-order valence-electron chi connectivity index (χ3n) is 7.26. The molecule has 2 aromatic heterocycles. The van der Waals surface area contributed by atoms with Crippen LogP contribution >= 0.6 is 0 Å². The van der Waals surface area contributed by atoms with Crippen LogP contribution in [-0.2, 0) is 10.2 Å². The van der Waals surface area contributed by atoms with Gasteiger partial charge in [-0.1, -0.05) is 61.4 Å². The van der Waals surface area contributed by atoms with Crippen LogP contribution in [0.3, 0.4) is 0 Å². The molecule has 1 amide bonds. The summed E-state index contributed by atoms with van der Waals surface area (Å²) >= 11 is 0. The first kappa shape index (κ1) is 22.0. The Labute approximate surface area is 208 Å². The number of aromatic nitrogens is 2. The van der Waals surface area contributed by atoms with Gasteiger partial charge in [0.2, 0.25) is 5.91 Å². The van der Waals surface area contributed by atoms with Gasteiger partial charge in [0.15, 0.2) is 0 Å². The molecule has 1 aliphatic carbocycles. The first-order valence-corrected chi connectivity index (χ1v) is 12.3. The van der Waals surface area contributed by atoms with E-state index >= 15 is 0 Å². The molecule has 6 nitrogen and oxygen atoms in total. The summed E-state index contributed by atoms with van der Waals surface area (Å²) in [4.78, 5) is 33.1. The molecule has 2 heterocycles. The standard InChI is InChI=1S/C30H26N4O2/c35-28-24-11-5-4-10-23(24)26-25(16-19-31-27(26)34-28)32-21-12-14-22(15-13-21)33-29(36)30(17-6-7-18-30)20-8-2-1-3-9-20/h1-5,8-16,19H,6-7,17-18H2,(H,33,36)(H2,31,32,34,35). The van der Waals surface area contributed by atoms with Gasteiger partial charge in [-0.05, 0) is 54.8 Å². The number of hydrogen-bond acceptors (Lipinski definition) is 4. The van der Waals surface area contributed by atoms with Crippen LogP contribution in [0.15, 0.2) is 95.9 Å². The number of carbonyl (C=O) groups is 1. The van der Waals surface area contributed by atoms with Crippen molar-refractivity contribution in [3.63, 3.8) is 0 Å². The van der Waals surface area contributed by atoms with Crippen molar-refractivity contribution in [3.05, 3.63) is 107 Å². The van der Waals surface area contributed by atoms with Crippen molar-refractivity contribution in [2.45, 2.75) is 31.1 Å². The second kappa shape index (κ2) is 8.96. The van der Waals surface area contributed by atoms with Crippen LogP contribution in [0.1, 0.15) is 31.2 Å². The highest BCUT2D eigenvalue weighted by Crippen LogP contribution is 2.42. The number of rotatable bonds is 5. The molecule has 36 heavy (non-hydrogen) atoms. The Balaban J connectivity index is 1.27. The number of benzene rings is 3. The molecular weight excluding hydrogens is 448 g/mol. The van der Waals surface area contributed by atoms with Crippen molar-refractivity contribution in [2.24, 2.45) is 0 Å². The van der Waals surface area contributed by atoms with Gasteiger partial charge in [0.05, 0.1) is 11.1 Å². The van der Waals surface area contributed by atoms with E-state index in [0.717, 1.165) is 59.1 Å². The van der Waals surface area contributed by atoms with Crippen LogP contribution in [0, 0.1) is 0 Å². The molecule has 1 saturated carbocycles. The number of nitrogens with one attached hydrogen (secondary N) is 3. The van der Waals surface area contributed by atoms with Gasteiger partial charge in [0.1, 0.15) is 5.65 Å². The van der Waals surface area contributed by atoms with Crippen molar-refractivity contribution < 1.29 is 4.79 Å².